The number of rotatable bonds is 4. The number of halogens is 2. The van der Waals surface area contributed by atoms with Crippen molar-refractivity contribution >= 4 is 5.91 Å². The fraction of sp³-hybridized carbons (Fsp3) is 0.381. The van der Waals surface area contributed by atoms with Gasteiger partial charge in [-0.2, -0.15) is 0 Å². The number of benzene rings is 2. The maximum Gasteiger partial charge on any atom is 0.251 e. The first-order valence-electron chi connectivity index (χ1n) is 8.47. The predicted molar refractivity (Wildman–Crippen MR) is 94.7 cm³/mol. The van der Waals surface area contributed by atoms with Crippen molar-refractivity contribution in [1.29, 1.82) is 0 Å². The molecule has 1 aliphatic rings. The average molecular weight is 343 g/mol. The fourth-order valence-corrected chi connectivity index (χ4v) is 3.84. The Kier molecular flexibility index (Phi) is 4.18. The summed E-state index contributed by atoms with van der Waals surface area (Å²) < 4.78 is 27.6. The van der Waals surface area contributed by atoms with E-state index in [1.807, 2.05) is 45.9 Å². The number of nitrogens with one attached hydrogen (secondary N) is 1. The molecule has 1 amide bonds. The van der Waals surface area contributed by atoms with Crippen LogP contribution in [0.25, 0.3) is 0 Å². The topological polar surface area (TPSA) is 29.1 Å². The minimum atomic E-state index is -0.589. The molecule has 25 heavy (non-hydrogen) atoms. The van der Waals surface area contributed by atoms with Gasteiger partial charge in [0.2, 0.25) is 0 Å². The molecule has 3 rings (SSSR count). The van der Waals surface area contributed by atoms with E-state index in [9.17, 15) is 13.6 Å². The summed E-state index contributed by atoms with van der Waals surface area (Å²) in [5, 5.41) is 2.96. The molecule has 0 saturated heterocycles. The summed E-state index contributed by atoms with van der Waals surface area (Å²) >= 11 is 0. The van der Waals surface area contributed by atoms with Gasteiger partial charge in [0.15, 0.2) is 0 Å². The van der Waals surface area contributed by atoms with E-state index in [-0.39, 0.29) is 11.3 Å². The molecule has 0 aliphatic heterocycles. The highest BCUT2D eigenvalue weighted by molar-refractivity contribution is 5.95. The molecule has 1 unspecified atom stereocenters. The van der Waals surface area contributed by atoms with Gasteiger partial charge in [0, 0.05) is 23.6 Å². The van der Waals surface area contributed by atoms with Gasteiger partial charge in [0.25, 0.3) is 5.91 Å². The summed E-state index contributed by atoms with van der Waals surface area (Å²) in [5.41, 5.74) is 2.45. The number of amides is 1. The average Bonchev–Trinajstić information content (AvgIpc) is 3.07. The van der Waals surface area contributed by atoms with Gasteiger partial charge in [-0.3, -0.25) is 4.79 Å². The summed E-state index contributed by atoms with van der Waals surface area (Å²) in [6.45, 7) is 8.29. The second-order valence-corrected chi connectivity index (χ2v) is 7.77. The van der Waals surface area contributed by atoms with Crippen LogP contribution in [0.4, 0.5) is 8.78 Å². The van der Waals surface area contributed by atoms with E-state index in [0.717, 1.165) is 23.6 Å². The van der Waals surface area contributed by atoms with Crippen molar-refractivity contribution in [2.45, 2.75) is 39.5 Å². The van der Waals surface area contributed by atoms with Crippen LogP contribution in [0.2, 0.25) is 0 Å². The van der Waals surface area contributed by atoms with Crippen molar-refractivity contribution in [3.8, 4) is 0 Å². The molecule has 0 radical (unpaired) electrons. The van der Waals surface area contributed by atoms with Crippen molar-refractivity contribution in [1.82, 2.24) is 5.32 Å². The largest absolute Gasteiger partial charge is 0.351 e. The van der Waals surface area contributed by atoms with Crippen LogP contribution in [0.3, 0.4) is 0 Å². The van der Waals surface area contributed by atoms with E-state index in [1.54, 1.807) is 0 Å². The highest BCUT2D eigenvalue weighted by Gasteiger charge is 2.62. The third kappa shape index (κ3) is 3.06. The molecule has 1 aliphatic carbocycles. The Morgan fingerprint density at radius 1 is 1.12 bits per heavy atom. The van der Waals surface area contributed by atoms with Crippen LogP contribution < -0.4 is 5.32 Å². The van der Waals surface area contributed by atoms with E-state index < -0.39 is 17.0 Å². The van der Waals surface area contributed by atoms with Gasteiger partial charge in [-0.25, -0.2) is 8.78 Å². The molecule has 2 nitrogen and oxygen atoms in total. The summed E-state index contributed by atoms with van der Waals surface area (Å²) in [6, 6.07) is 9.37. The minimum absolute atomic E-state index is 0.152. The Morgan fingerprint density at radius 2 is 1.80 bits per heavy atom. The van der Waals surface area contributed by atoms with Crippen LogP contribution in [-0.2, 0) is 5.41 Å². The lowest BCUT2D eigenvalue weighted by atomic mass is 9.87. The van der Waals surface area contributed by atoms with Gasteiger partial charge in [-0.15, -0.1) is 0 Å². The zero-order valence-electron chi connectivity index (χ0n) is 15.0. The number of carbonyl (C=O) groups is 1. The Hall–Kier alpha value is -2.23. The Balaban J connectivity index is 1.83. The van der Waals surface area contributed by atoms with Crippen LogP contribution >= 0.6 is 0 Å². The second-order valence-electron chi connectivity index (χ2n) is 7.77. The third-order valence-corrected chi connectivity index (χ3v) is 5.54. The molecule has 2 aromatic carbocycles. The fourth-order valence-electron chi connectivity index (χ4n) is 3.84. The first-order chi connectivity index (χ1) is 11.7. The SMILES string of the molecule is Cc1ccc(C(=O)NCC2(c3ccc(F)cc3F)CC2(C)C)c(C)c1. The maximum atomic E-state index is 14.3. The normalized spacial score (nSPS) is 21.0. The van der Waals surface area contributed by atoms with Crippen LogP contribution in [-0.4, -0.2) is 12.5 Å². The standard InChI is InChI=1S/C21H23F2NO/c1-13-5-7-16(14(2)9-13)19(25)24-12-21(11-20(21,3)4)17-8-6-15(22)10-18(17)23/h5-10H,11-12H2,1-4H3,(H,24,25). The Bertz CT molecular complexity index is 844. The molecule has 0 aromatic heterocycles. The van der Waals surface area contributed by atoms with Crippen LogP contribution in [0, 0.1) is 30.9 Å². The van der Waals surface area contributed by atoms with Gasteiger partial charge < -0.3 is 5.32 Å². The monoisotopic (exact) mass is 343 g/mol. The first kappa shape index (κ1) is 17.6. The third-order valence-electron chi connectivity index (χ3n) is 5.54. The van der Waals surface area contributed by atoms with E-state index in [0.29, 0.717) is 17.7 Å². The van der Waals surface area contributed by atoms with Crippen molar-refractivity contribution in [3.05, 3.63) is 70.3 Å². The van der Waals surface area contributed by atoms with Crippen LogP contribution in [0.15, 0.2) is 36.4 Å². The minimum Gasteiger partial charge on any atom is -0.351 e. The van der Waals surface area contributed by atoms with E-state index >= 15 is 0 Å². The molecule has 0 spiro atoms. The molecule has 1 fully saturated rings. The van der Waals surface area contributed by atoms with Gasteiger partial charge >= 0.3 is 0 Å². The van der Waals surface area contributed by atoms with E-state index in [4.69, 9.17) is 0 Å². The van der Waals surface area contributed by atoms with Crippen molar-refractivity contribution < 1.29 is 13.6 Å². The lowest BCUT2D eigenvalue weighted by Gasteiger charge is -2.23. The molecule has 2 aromatic rings. The summed E-state index contributed by atoms with van der Waals surface area (Å²) in [7, 11) is 0. The van der Waals surface area contributed by atoms with E-state index in [2.05, 4.69) is 5.32 Å². The molecule has 4 heteroatoms. The molecule has 1 N–H and O–H groups in total. The van der Waals surface area contributed by atoms with Crippen LogP contribution in [0.5, 0.6) is 0 Å². The summed E-state index contributed by atoms with van der Waals surface area (Å²) in [5.74, 6) is -1.30. The van der Waals surface area contributed by atoms with Gasteiger partial charge in [-0.1, -0.05) is 37.6 Å². The van der Waals surface area contributed by atoms with Gasteiger partial charge in [0.05, 0.1) is 0 Å². The Labute approximate surface area is 147 Å². The zero-order valence-corrected chi connectivity index (χ0v) is 15.0. The molecular formula is C21H23F2NO. The highest BCUT2D eigenvalue weighted by Crippen LogP contribution is 2.64. The quantitative estimate of drug-likeness (QED) is 0.858. The highest BCUT2D eigenvalue weighted by atomic mass is 19.1. The number of hydrogen-bond acceptors (Lipinski definition) is 1. The molecule has 0 heterocycles. The van der Waals surface area contributed by atoms with Crippen molar-refractivity contribution in [3.63, 3.8) is 0 Å². The second kappa shape index (κ2) is 5.94. The smallest absolute Gasteiger partial charge is 0.251 e. The zero-order chi connectivity index (χ0) is 18.4. The maximum absolute atomic E-state index is 14.3. The predicted octanol–water partition coefficient (Wildman–Crippen LogP) is 4.68. The van der Waals surface area contributed by atoms with Gasteiger partial charge in [-0.05, 0) is 48.9 Å². The summed E-state index contributed by atoms with van der Waals surface area (Å²) in [6.07, 6.45) is 0.746. The molecule has 132 valence electrons. The molecule has 1 saturated carbocycles. The molecule has 0 bridgehead atoms. The van der Waals surface area contributed by atoms with Gasteiger partial charge in [0.1, 0.15) is 11.6 Å². The Morgan fingerprint density at radius 3 is 2.36 bits per heavy atom. The number of hydrogen-bond donors (Lipinski definition) is 1. The first-order valence-corrected chi connectivity index (χ1v) is 8.47. The molecular weight excluding hydrogens is 320 g/mol. The lowest BCUT2D eigenvalue weighted by Crippen LogP contribution is -2.35. The number of carbonyl (C=O) groups excluding carboxylic acids is 1. The molecule has 1 atom stereocenters. The van der Waals surface area contributed by atoms with Crippen molar-refractivity contribution in [2.75, 3.05) is 6.54 Å². The lowest BCUT2D eigenvalue weighted by molar-refractivity contribution is 0.0947. The number of aryl methyl sites for hydroxylation is 2. The van der Waals surface area contributed by atoms with Crippen LogP contribution in [0.1, 0.15) is 47.3 Å². The summed E-state index contributed by atoms with van der Waals surface area (Å²) in [4.78, 5) is 12.6. The van der Waals surface area contributed by atoms with E-state index in [1.165, 1.54) is 12.1 Å². The van der Waals surface area contributed by atoms with Crippen molar-refractivity contribution in [2.24, 2.45) is 5.41 Å².